The normalized spacial score (nSPS) is 15.4. The van der Waals surface area contributed by atoms with E-state index in [0.29, 0.717) is 24.5 Å². The Morgan fingerprint density at radius 2 is 1.77 bits per heavy atom. The van der Waals surface area contributed by atoms with Crippen LogP contribution in [-0.2, 0) is 11.2 Å². The van der Waals surface area contributed by atoms with Gasteiger partial charge in [0.15, 0.2) is 0 Å². The van der Waals surface area contributed by atoms with Gasteiger partial charge in [0, 0.05) is 30.3 Å². The molecule has 0 spiro atoms. The van der Waals surface area contributed by atoms with Crippen molar-refractivity contribution in [2.45, 2.75) is 25.4 Å². The van der Waals surface area contributed by atoms with Gasteiger partial charge in [0.05, 0.1) is 12.7 Å². The SMILES string of the molecule is O=C(Nc1cccc(OCC2CCCO2)c1)c1ccc(OCCc2ccccc2)cc1. The zero-order chi connectivity index (χ0) is 21.3. The Morgan fingerprint density at radius 1 is 0.935 bits per heavy atom. The highest BCUT2D eigenvalue weighted by atomic mass is 16.5. The van der Waals surface area contributed by atoms with Crippen molar-refractivity contribution in [1.29, 1.82) is 0 Å². The third-order valence-electron chi connectivity index (χ3n) is 5.17. The van der Waals surface area contributed by atoms with Crippen LogP contribution in [0.3, 0.4) is 0 Å². The van der Waals surface area contributed by atoms with E-state index in [1.165, 1.54) is 5.56 Å². The van der Waals surface area contributed by atoms with Crippen LogP contribution in [0.2, 0.25) is 0 Å². The van der Waals surface area contributed by atoms with Crippen LogP contribution >= 0.6 is 0 Å². The quantitative estimate of drug-likeness (QED) is 0.525. The largest absolute Gasteiger partial charge is 0.493 e. The first kappa shape index (κ1) is 20.9. The van der Waals surface area contributed by atoms with E-state index in [-0.39, 0.29) is 12.0 Å². The van der Waals surface area contributed by atoms with E-state index in [0.717, 1.165) is 37.4 Å². The van der Waals surface area contributed by atoms with Crippen LogP contribution in [0.15, 0.2) is 78.9 Å². The van der Waals surface area contributed by atoms with E-state index in [1.807, 2.05) is 54.6 Å². The van der Waals surface area contributed by atoms with Crippen LogP contribution in [0, 0.1) is 0 Å². The van der Waals surface area contributed by atoms with E-state index in [2.05, 4.69) is 17.4 Å². The highest BCUT2D eigenvalue weighted by molar-refractivity contribution is 6.04. The van der Waals surface area contributed by atoms with Crippen molar-refractivity contribution < 1.29 is 19.0 Å². The molecule has 1 unspecified atom stereocenters. The number of hydrogen-bond donors (Lipinski definition) is 1. The molecule has 4 rings (SSSR count). The van der Waals surface area contributed by atoms with E-state index in [4.69, 9.17) is 14.2 Å². The van der Waals surface area contributed by atoms with Crippen molar-refractivity contribution in [2.24, 2.45) is 0 Å². The van der Waals surface area contributed by atoms with Crippen LogP contribution in [0.5, 0.6) is 11.5 Å². The number of benzene rings is 3. The minimum atomic E-state index is -0.174. The molecular weight excluding hydrogens is 390 g/mol. The lowest BCUT2D eigenvalue weighted by Gasteiger charge is -2.13. The first-order valence-electron chi connectivity index (χ1n) is 10.7. The first-order chi connectivity index (χ1) is 15.3. The predicted octanol–water partition coefficient (Wildman–Crippen LogP) is 5.12. The van der Waals surface area contributed by atoms with Gasteiger partial charge in [-0.15, -0.1) is 0 Å². The molecule has 0 saturated carbocycles. The molecule has 3 aromatic carbocycles. The number of nitrogens with one attached hydrogen (secondary N) is 1. The van der Waals surface area contributed by atoms with Crippen molar-refractivity contribution in [3.8, 4) is 11.5 Å². The van der Waals surface area contributed by atoms with Gasteiger partial charge in [0.1, 0.15) is 18.1 Å². The third kappa shape index (κ3) is 6.33. The molecule has 1 heterocycles. The van der Waals surface area contributed by atoms with Crippen LogP contribution < -0.4 is 14.8 Å². The summed E-state index contributed by atoms with van der Waals surface area (Å²) < 4.78 is 17.2. The number of carbonyl (C=O) groups excluding carboxylic acids is 1. The van der Waals surface area contributed by atoms with Crippen LogP contribution in [0.25, 0.3) is 0 Å². The van der Waals surface area contributed by atoms with Crippen molar-refractivity contribution in [3.05, 3.63) is 90.0 Å². The lowest BCUT2D eigenvalue weighted by atomic mass is 10.1. The number of hydrogen-bond acceptors (Lipinski definition) is 4. The maximum atomic E-state index is 12.6. The second kappa shape index (κ2) is 10.6. The lowest BCUT2D eigenvalue weighted by molar-refractivity contribution is 0.0680. The summed E-state index contributed by atoms with van der Waals surface area (Å²) in [5.41, 5.74) is 2.50. The number of rotatable bonds is 9. The molecule has 160 valence electrons. The summed E-state index contributed by atoms with van der Waals surface area (Å²) in [6, 6.07) is 24.8. The average molecular weight is 418 g/mol. The topological polar surface area (TPSA) is 56.8 Å². The molecule has 3 aromatic rings. The number of carbonyl (C=O) groups is 1. The Balaban J connectivity index is 1.26. The van der Waals surface area contributed by atoms with Gasteiger partial charge in [-0.3, -0.25) is 4.79 Å². The molecule has 5 heteroatoms. The zero-order valence-electron chi connectivity index (χ0n) is 17.5. The number of ether oxygens (including phenoxy) is 3. The highest BCUT2D eigenvalue weighted by Gasteiger charge is 2.16. The Bertz CT molecular complexity index is 966. The molecule has 1 saturated heterocycles. The molecule has 0 radical (unpaired) electrons. The van der Waals surface area contributed by atoms with E-state index < -0.39 is 0 Å². The Morgan fingerprint density at radius 3 is 2.55 bits per heavy atom. The average Bonchev–Trinajstić information content (AvgIpc) is 3.33. The highest BCUT2D eigenvalue weighted by Crippen LogP contribution is 2.21. The fourth-order valence-corrected chi connectivity index (χ4v) is 3.47. The zero-order valence-corrected chi connectivity index (χ0v) is 17.5. The fourth-order valence-electron chi connectivity index (χ4n) is 3.47. The molecule has 1 aliphatic rings. The summed E-state index contributed by atoms with van der Waals surface area (Å²) in [5.74, 6) is 1.29. The van der Waals surface area contributed by atoms with Gasteiger partial charge in [0.2, 0.25) is 0 Å². The minimum Gasteiger partial charge on any atom is -0.493 e. The molecule has 1 N–H and O–H groups in total. The molecule has 0 aromatic heterocycles. The maximum absolute atomic E-state index is 12.6. The van der Waals surface area contributed by atoms with Crippen LogP contribution in [-0.4, -0.2) is 31.8 Å². The molecule has 1 amide bonds. The fraction of sp³-hybridized carbons (Fsp3) is 0.269. The van der Waals surface area contributed by atoms with Gasteiger partial charge in [0.25, 0.3) is 5.91 Å². The molecule has 1 aliphatic heterocycles. The summed E-state index contributed by atoms with van der Waals surface area (Å²) in [5, 5.41) is 2.92. The van der Waals surface area contributed by atoms with Gasteiger partial charge < -0.3 is 19.5 Å². The van der Waals surface area contributed by atoms with E-state index in [1.54, 1.807) is 12.1 Å². The van der Waals surface area contributed by atoms with Crippen molar-refractivity contribution in [3.63, 3.8) is 0 Å². The number of anilines is 1. The standard InChI is InChI=1S/C26H27NO4/c28-26(27-22-8-4-9-24(18-22)31-19-25-10-5-16-29-25)21-11-13-23(14-12-21)30-17-15-20-6-2-1-3-7-20/h1-4,6-9,11-14,18,25H,5,10,15-17,19H2,(H,27,28). The van der Waals surface area contributed by atoms with Crippen molar-refractivity contribution in [2.75, 3.05) is 25.1 Å². The minimum absolute atomic E-state index is 0.159. The van der Waals surface area contributed by atoms with Crippen molar-refractivity contribution in [1.82, 2.24) is 0 Å². The third-order valence-corrected chi connectivity index (χ3v) is 5.17. The van der Waals surface area contributed by atoms with Gasteiger partial charge in [-0.1, -0.05) is 36.4 Å². The second-order valence-corrected chi connectivity index (χ2v) is 7.54. The van der Waals surface area contributed by atoms with E-state index >= 15 is 0 Å². The first-order valence-corrected chi connectivity index (χ1v) is 10.7. The Hall–Kier alpha value is -3.31. The van der Waals surface area contributed by atoms with Gasteiger partial charge in [-0.05, 0) is 54.8 Å². The molecular formula is C26H27NO4. The summed E-state index contributed by atoms with van der Waals surface area (Å²) in [7, 11) is 0. The van der Waals surface area contributed by atoms with Crippen LogP contribution in [0.1, 0.15) is 28.8 Å². The smallest absolute Gasteiger partial charge is 0.255 e. The predicted molar refractivity (Wildman–Crippen MR) is 121 cm³/mol. The van der Waals surface area contributed by atoms with Gasteiger partial charge >= 0.3 is 0 Å². The summed E-state index contributed by atoms with van der Waals surface area (Å²) >= 11 is 0. The summed E-state index contributed by atoms with van der Waals surface area (Å²) in [6.07, 6.45) is 3.12. The number of amides is 1. The Labute approximate surface area is 183 Å². The molecule has 31 heavy (non-hydrogen) atoms. The molecule has 0 aliphatic carbocycles. The van der Waals surface area contributed by atoms with Gasteiger partial charge in [-0.2, -0.15) is 0 Å². The van der Waals surface area contributed by atoms with Crippen molar-refractivity contribution >= 4 is 11.6 Å². The molecule has 5 nitrogen and oxygen atoms in total. The van der Waals surface area contributed by atoms with Gasteiger partial charge in [-0.25, -0.2) is 0 Å². The van der Waals surface area contributed by atoms with Crippen LogP contribution in [0.4, 0.5) is 5.69 Å². The molecule has 1 fully saturated rings. The molecule has 0 bridgehead atoms. The lowest BCUT2D eigenvalue weighted by Crippen LogP contribution is -2.16. The Kier molecular flexibility index (Phi) is 7.19. The molecule has 1 atom stereocenters. The monoisotopic (exact) mass is 417 g/mol. The maximum Gasteiger partial charge on any atom is 0.255 e. The van der Waals surface area contributed by atoms with E-state index in [9.17, 15) is 4.79 Å². The summed E-state index contributed by atoms with van der Waals surface area (Å²) in [4.78, 5) is 12.6. The summed E-state index contributed by atoms with van der Waals surface area (Å²) in [6.45, 7) is 1.93. The second-order valence-electron chi connectivity index (χ2n) is 7.54.